The van der Waals surface area contributed by atoms with Crippen LogP contribution in [0.5, 0.6) is 0 Å². The second-order valence-electron chi connectivity index (χ2n) is 5.51. The summed E-state index contributed by atoms with van der Waals surface area (Å²) >= 11 is 0. The van der Waals surface area contributed by atoms with Crippen LogP contribution in [-0.4, -0.2) is 41.1 Å². The fraction of sp³-hybridized carbons (Fsp3) is 0.278. The van der Waals surface area contributed by atoms with Crippen molar-refractivity contribution in [3.63, 3.8) is 0 Å². The first kappa shape index (κ1) is 13.8. The lowest BCUT2D eigenvalue weighted by atomic mass is 10.0. The van der Waals surface area contributed by atoms with Crippen LogP contribution in [-0.2, 0) is 0 Å². The Morgan fingerprint density at radius 2 is 1.71 bits per heavy atom. The molecule has 1 heterocycles. The highest BCUT2D eigenvalue weighted by Crippen LogP contribution is 2.27. The average molecular weight is 281 g/mol. The third-order valence-electron chi connectivity index (χ3n) is 4.15. The highest BCUT2D eigenvalue weighted by molar-refractivity contribution is 5.53. The lowest BCUT2D eigenvalue weighted by Crippen LogP contribution is -2.29. The van der Waals surface area contributed by atoms with Crippen molar-refractivity contribution in [2.24, 2.45) is 0 Å². The maximum absolute atomic E-state index is 9.80. The molecule has 0 saturated heterocycles. The molecule has 2 aromatic carbocycles. The highest BCUT2D eigenvalue weighted by Gasteiger charge is 2.34. The Hall–Kier alpha value is -2.13. The molecule has 3 nitrogen and oxygen atoms in total. The molecule has 1 aliphatic heterocycles. The summed E-state index contributed by atoms with van der Waals surface area (Å²) in [5.41, 5.74) is 2.46. The molecule has 0 aliphatic carbocycles. The summed E-state index contributed by atoms with van der Waals surface area (Å²) in [7, 11) is 2.09. The van der Waals surface area contributed by atoms with Crippen molar-refractivity contribution in [1.82, 2.24) is 4.90 Å². The van der Waals surface area contributed by atoms with Gasteiger partial charge in [0.25, 0.3) is 0 Å². The van der Waals surface area contributed by atoms with E-state index in [2.05, 4.69) is 59.3 Å². The maximum Gasteiger partial charge on any atom is 0.235 e. The number of aliphatic hydroxyl groups is 1. The number of nitrogens with zero attached hydrogens (tertiary/aromatic N) is 2. The van der Waals surface area contributed by atoms with Gasteiger partial charge in [0, 0.05) is 5.56 Å². The normalized spacial score (nSPS) is 19.4. The molecule has 1 N–H and O–H groups in total. The van der Waals surface area contributed by atoms with Crippen molar-refractivity contribution >= 4 is 6.34 Å². The van der Waals surface area contributed by atoms with E-state index in [-0.39, 0.29) is 12.6 Å². The Kier molecular flexibility index (Phi) is 4.02. The lowest BCUT2D eigenvalue weighted by molar-refractivity contribution is -0.529. The molecule has 0 amide bonds. The van der Waals surface area contributed by atoms with Gasteiger partial charge in [-0.2, -0.15) is 0 Å². The van der Waals surface area contributed by atoms with E-state index in [4.69, 9.17) is 0 Å². The summed E-state index contributed by atoms with van der Waals surface area (Å²) in [6.07, 6.45) is 2.12. The first-order valence-electron chi connectivity index (χ1n) is 7.33. The van der Waals surface area contributed by atoms with Crippen molar-refractivity contribution in [2.75, 3.05) is 20.2 Å². The molecular weight excluding hydrogens is 260 g/mol. The number of benzene rings is 2. The standard InChI is InChI=1S/C18H21N2O/c1-19-14-20(12-17(19)15-8-4-2-5-9-15)18(13-21)16-10-6-3-7-11-16/h2-11,14,17-18,21H,12-13H2,1H3/q+1/t17-,18-/m1/s1. The molecule has 1 aliphatic rings. The van der Waals surface area contributed by atoms with Crippen LogP contribution in [0.15, 0.2) is 60.7 Å². The quantitative estimate of drug-likeness (QED) is 0.871. The summed E-state index contributed by atoms with van der Waals surface area (Å²) in [6.45, 7) is 1.01. The average Bonchev–Trinajstić information content (AvgIpc) is 2.92. The Labute approximate surface area is 125 Å². The van der Waals surface area contributed by atoms with Gasteiger partial charge in [0.1, 0.15) is 12.6 Å². The fourth-order valence-corrected chi connectivity index (χ4v) is 2.99. The second kappa shape index (κ2) is 6.10. The maximum atomic E-state index is 9.80. The molecule has 0 fully saturated rings. The van der Waals surface area contributed by atoms with Gasteiger partial charge in [-0.1, -0.05) is 60.7 Å². The molecule has 0 bridgehead atoms. The predicted octanol–water partition coefficient (Wildman–Crippen LogP) is 2.45. The SMILES string of the molecule is C[N+]1=CN([C@H](CO)c2ccccc2)C[C@@H]1c1ccccc1. The third kappa shape index (κ3) is 2.83. The van der Waals surface area contributed by atoms with E-state index >= 15 is 0 Å². The molecule has 2 aromatic rings. The van der Waals surface area contributed by atoms with Gasteiger partial charge in [-0.15, -0.1) is 0 Å². The molecule has 108 valence electrons. The minimum atomic E-state index is 0.0161. The van der Waals surface area contributed by atoms with E-state index in [1.165, 1.54) is 5.56 Å². The van der Waals surface area contributed by atoms with Crippen molar-refractivity contribution in [3.8, 4) is 0 Å². The van der Waals surface area contributed by atoms with Gasteiger partial charge >= 0.3 is 0 Å². The summed E-state index contributed by atoms with van der Waals surface area (Å²) in [5, 5.41) is 9.80. The van der Waals surface area contributed by atoms with E-state index < -0.39 is 0 Å². The van der Waals surface area contributed by atoms with Gasteiger partial charge in [0.05, 0.1) is 13.7 Å². The molecule has 0 aromatic heterocycles. The Balaban J connectivity index is 1.82. The first-order valence-corrected chi connectivity index (χ1v) is 7.33. The minimum absolute atomic E-state index is 0.0161. The zero-order chi connectivity index (χ0) is 14.7. The fourth-order valence-electron chi connectivity index (χ4n) is 2.99. The van der Waals surface area contributed by atoms with Crippen molar-refractivity contribution in [1.29, 1.82) is 0 Å². The number of hydrogen-bond donors (Lipinski definition) is 1. The topological polar surface area (TPSA) is 26.5 Å². The highest BCUT2D eigenvalue weighted by atomic mass is 16.3. The van der Waals surface area contributed by atoms with Gasteiger partial charge in [0.2, 0.25) is 6.34 Å². The number of aliphatic hydroxyl groups excluding tert-OH is 1. The van der Waals surface area contributed by atoms with Crippen LogP contribution in [0.2, 0.25) is 0 Å². The van der Waals surface area contributed by atoms with Crippen molar-refractivity contribution in [3.05, 3.63) is 71.8 Å². The van der Waals surface area contributed by atoms with Gasteiger partial charge in [-0.05, 0) is 5.56 Å². The largest absolute Gasteiger partial charge is 0.392 e. The van der Waals surface area contributed by atoms with E-state index in [0.29, 0.717) is 6.04 Å². The first-order chi connectivity index (χ1) is 10.3. The van der Waals surface area contributed by atoms with Crippen LogP contribution >= 0.6 is 0 Å². The van der Waals surface area contributed by atoms with Gasteiger partial charge in [0.15, 0.2) is 6.04 Å². The summed E-state index contributed by atoms with van der Waals surface area (Å²) < 4.78 is 2.22. The molecule has 0 saturated carbocycles. The zero-order valence-corrected chi connectivity index (χ0v) is 12.3. The third-order valence-corrected chi connectivity index (χ3v) is 4.15. The van der Waals surface area contributed by atoms with Gasteiger partial charge < -0.3 is 5.11 Å². The molecule has 0 spiro atoms. The Morgan fingerprint density at radius 1 is 1.10 bits per heavy atom. The molecular formula is C18H21N2O+. The summed E-state index contributed by atoms with van der Waals surface area (Å²) in [4.78, 5) is 2.23. The summed E-state index contributed by atoms with van der Waals surface area (Å²) in [6, 6.07) is 21.1. The van der Waals surface area contributed by atoms with E-state index in [9.17, 15) is 5.11 Å². The van der Waals surface area contributed by atoms with Gasteiger partial charge in [-0.3, -0.25) is 9.48 Å². The second-order valence-corrected chi connectivity index (χ2v) is 5.51. The number of rotatable bonds is 4. The van der Waals surface area contributed by atoms with Crippen LogP contribution in [0, 0.1) is 0 Å². The molecule has 0 radical (unpaired) electrons. The Morgan fingerprint density at radius 3 is 2.33 bits per heavy atom. The van der Waals surface area contributed by atoms with Crippen molar-refractivity contribution < 1.29 is 9.68 Å². The van der Waals surface area contributed by atoms with Crippen LogP contribution < -0.4 is 0 Å². The lowest BCUT2D eigenvalue weighted by Gasteiger charge is -2.20. The van der Waals surface area contributed by atoms with E-state index in [0.717, 1.165) is 12.1 Å². The van der Waals surface area contributed by atoms with E-state index in [1.807, 2.05) is 24.3 Å². The molecule has 2 atom stereocenters. The van der Waals surface area contributed by atoms with E-state index in [1.54, 1.807) is 0 Å². The number of likely N-dealkylation sites (N-methyl/N-ethyl adjacent to an activating group) is 1. The smallest absolute Gasteiger partial charge is 0.235 e. The van der Waals surface area contributed by atoms with Gasteiger partial charge in [-0.25, -0.2) is 0 Å². The van der Waals surface area contributed by atoms with Crippen LogP contribution in [0.3, 0.4) is 0 Å². The minimum Gasteiger partial charge on any atom is -0.392 e. The van der Waals surface area contributed by atoms with Crippen LogP contribution in [0.25, 0.3) is 0 Å². The Bertz CT molecular complexity index is 610. The molecule has 3 heteroatoms. The van der Waals surface area contributed by atoms with Crippen LogP contribution in [0.1, 0.15) is 23.2 Å². The summed E-state index contributed by atoms with van der Waals surface area (Å²) in [5.74, 6) is 0. The molecule has 0 unspecified atom stereocenters. The molecule has 21 heavy (non-hydrogen) atoms. The monoisotopic (exact) mass is 281 g/mol. The van der Waals surface area contributed by atoms with Crippen molar-refractivity contribution in [2.45, 2.75) is 12.1 Å². The number of hydrogen-bond acceptors (Lipinski definition) is 2. The zero-order valence-electron chi connectivity index (χ0n) is 12.3. The van der Waals surface area contributed by atoms with Crippen LogP contribution in [0.4, 0.5) is 0 Å². The molecule has 3 rings (SSSR count). The predicted molar refractivity (Wildman–Crippen MR) is 84.4 cm³/mol.